The molecule has 1 atom stereocenters. The highest BCUT2D eigenvalue weighted by Crippen LogP contribution is 2.51. The lowest BCUT2D eigenvalue weighted by molar-refractivity contribution is -0.146. The van der Waals surface area contributed by atoms with E-state index in [4.69, 9.17) is 4.74 Å². The molecule has 0 aromatic heterocycles. The number of cyclic esters (lactones) is 1. The topological polar surface area (TPSA) is 58.9 Å². The summed E-state index contributed by atoms with van der Waals surface area (Å²) < 4.78 is 5.15. The Kier molecular flexibility index (Phi) is 1.89. The van der Waals surface area contributed by atoms with Crippen LogP contribution in [0.3, 0.4) is 0 Å². The van der Waals surface area contributed by atoms with Crippen molar-refractivity contribution in [2.24, 2.45) is 16.3 Å². The predicted octanol–water partition coefficient (Wildman–Crippen LogP) is 0.535. The summed E-state index contributed by atoms with van der Waals surface area (Å²) in [5.74, 6) is 0.307. The van der Waals surface area contributed by atoms with Crippen LogP contribution in [-0.2, 0) is 9.53 Å². The zero-order valence-corrected chi connectivity index (χ0v) is 8.61. The second-order valence-electron chi connectivity index (χ2n) is 4.93. The molecule has 1 aliphatic heterocycles. The first-order valence-corrected chi connectivity index (χ1v) is 5.59. The maximum Gasteiger partial charge on any atom is 0.331 e. The third-order valence-electron chi connectivity index (χ3n) is 3.72. The molecule has 0 radical (unpaired) electrons. The van der Waals surface area contributed by atoms with Crippen LogP contribution < -0.4 is 0 Å². The van der Waals surface area contributed by atoms with Crippen molar-refractivity contribution in [1.82, 2.24) is 0 Å². The van der Waals surface area contributed by atoms with Crippen molar-refractivity contribution in [2.75, 3.05) is 13.2 Å². The molecule has 0 saturated heterocycles. The van der Waals surface area contributed by atoms with E-state index in [1.807, 2.05) is 0 Å². The molecule has 0 aromatic carbocycles. The average molecular weight is 209 g/mol. The van der Waals surface area contributed by atoms with Crippen LogP contribution in [0.15, 0.2) is 4.99 Å². The van der Waals surface area contributed by atoms with E-state index in [9.17, 15) is 9.90 Å². The molecular weight excluding hydrogens is 194 g/mol. The SMILES string of the molecule is O=C1OCC(C2CC2)=N[C@H]1C1(CO)CC1. The Morgan fingerprint density at radius 1 is 1.47 bits per heavy atom. The third kappa shape index (κ3) is 1.47. The largest absolute Gasteiger partial charge is 0.458 e. The fourth-order valence-corrected chi connectivity index (χ4v) is 2.19. The first-order chi connectivity index (χ1) is 7.25. The Hall–Kier alpha value is -0.900. The van der Waals surface area contributed by atoms with Gasteiger partial charge in [0, 0.05) is 11.3 Å². The van der Waals surface area contributed by atoms with E-state index in [1.54, 1.807) is 0 Å². The van der Waals surface area contributed by atoms with E-state index in [1.165, 1.54) is 12.8 Å². The van der Waals surface area contributed by atoms with Crippen LogP contribution >= 0.6 is 0 Å². The van der Waals surface area contributed by atoms with E-state index in [0.717, 1.165) is 18.6 Å². The van der Waals surface area contributed by atoms with Gasteiger partial charge in [-0.3, -0.25) is 4.99 Å². The van der Waals surface area contributed by atoms with Crippen molar-refractivity contribution in [2.45, 2.75) is 31.7 Å². The van der Waals surface area contributed by atoms with E-state index in [-0.39, 0.29) is 18.0 Å². The summed E-state index contributed by atoms with van der Waals surface area (Å²) in [6, 6.07) is -0.424. The van der Waals surface area contributed by atoms with Gasteiger partial charge < -0.3 is 9.84 Å². The normalized spacial score (nSPS) is 33.3. The van der Waals surface area contributed by atoms with Gasteiger partial charge >= 0.3 is 5.97 Å². The number of carbonyl (C=O) groups is 1. The minimum Gasteiger partial charge on any atom is -0.458 e. The fourth-order valence-electron chi connectivity index (χ4n) is 2.19. The smallest absolute Gasteiger partial charge is 0.331 e. The Morgan fingerprint density at radius 3 is 2.73 bits per heavy atom. The fraction of sp³-hybridized carbons (Fsp3) is 0.818. The van der Waals surface area contributed by atoms with Gasteiger partial charge in [-0.05, 0) is 25.7 Å². The number of ether oxygens (including phenoxy) is 1. The molecule has 3 aliphatic rings. The molecule has 1 N–H and O–H groups in total. The lowest BCUT2D eigenvalue weighted by Gasteiger charge is -2.25. The molecular formula is C11H15NO3. The highest BCUT2D eigenvalue weighted by molar-refractivity contribution is 5.96. The maximum atomic E-state index is 11.6. The molecule has 4 nitrogen and oxygen atoms in total. The van der Waals surface area contributed by atoms with Crippen molar-refractivity contribution in [3.05, 3.63) is 0 Å². The van der Waals surface area contributed by atoms with Gasteiger partial charge in [-0.2, -0.15) is 0 Å². The van der Waals surface area contributed by atoms with Crippen molar-refractivity contribution in [3.8, 4) is 0 Å². The molecule has 0 bridgehead atoms. The lowest BCUT2D eigenvalue weighted by atomic mass is 9.97. The van der Waals surface area contributed by atoms with E-state index in [2.05, 4.69) is 4.99 Å². The predicted molar refractivity (Wildman–Crippen MR) is 53.7 cm³/mol. The standard InChI is InChI=1S/C11H15NO3/c13-6-11(3-4-11)9-10(14)15-5-8(12-9)7-1-2-7/h7,9,13H,1-6H2/t9-/m1/s1. The van der Waals surface area contributed by atoms with E-state index < -0.39 is 6.04 Å². The number of hydrogen-bond acceptors (Lipinski definition) is 4. The quantitative estimate of drug-likeness (QED) is 0.690. The summed E-state index contributed by atoms with van der Waals surface area (Å²) >= 11 is 0. The number of aliphatic imine (C=N–C) groups is 1. The minimum absolute atomic E-state index is 0.0498. The zero-order valence-electron chi connectivity index (χ0n) is 8.61. The molecule has 4 heteroatoms. The molecule has 2 aliphatic carbocycles. The Morgan fingerprint density at radius 2 is 2.20 bits per heavy atom. The molecule has 0 aromatic rings. The Bertz CT molecular complexity index is 329. The Labute approximate surface area is 88.3 Å². The molecule has 82 valence electrons. The number of esters is 1. The molecule has 15 heavy (non-hydrogen) atoms. The van der Waals surface area contributed by atoms with Crippen molar-refractivity contribution < 1.29 is 14.6 Å². The van der Waals surface area contributed by atoms with Crippen LogP contribution in [0, 0.1) is 11.3 Å². The minimum atomic E-state index is -0.424. The van der Waals surface area contributed by atoms with Crippen molar-refractivity contribution in [1.29, 1.82) is 0 Å². The van der Waals surface area contributed by atoms with Crippen molar-refractivity contribution in [3.63, 3.8) is 0 Å². The van der Waals surface area contributed by atoms with Gasteiger partial charge in [0.2, 0.25) is 0 Å². The van der Waals surface area contributed by atoms with E-state index in [0.29, 0.717) is 12.5 Å². The lowest BCUT2D eigenvalue weighted by Crippen LogP contribution is -2.39. The van der Waals surface area contributed by atoms with Gasteiger partial charge in [-0.25, -0.2) is 4.79 Å². The first-order valence-electron chi connectivity index (χ1n) is 5.59. The average Bonchev–Trinajstić information content (AvgIpc) is 3.13. The molecule has 0 spiro atoms. The molecule has 0 amide bonds. The van der Waals surface area contributed by atoms with Crippen molar-refractivity contribution >= 4 is 11.7 Å². The number of aliphatic hydroxyl groups is 1. The van der Waals surface area contributed by atoms with Crippen LogP contribution in [0.25, 0.3) is 0 Å². The van der Waals surface area contributed by atoms with Crippen LogP contribution in [0.2, 0.25) is 0 Å². The van der Waals surface area contributed by atoms with Crippen LogP contribution in [0.4, 0.5) is 0 Å². The maximum absolute atomic E-state index is 11.6. The van der Waals surface area contributed by atoms with Gasteiger partial charge in [-0.1, -0.05) is 0 Å². The second kappa shape index (κ2) is 3.04. The summed E-state index contributed by atoms with van der Waals surface area (Å²) in [5.41, 5.74) is 0.761. The van der Waals surface area contributed by atoms with Gasteiger partial charge in [-0.15, -0.1) is 0 Å². The number of hydrogen-bond donors (Lipinski definition) is 1. The van der Waals surface area contributed by atoms with Gasteiger partial charge in [0.05, 0.1) is 12.3 Å². The first kappa shape index (κ1) is 9.33. The van der Waals surface area contributed by atoms with Gasteiger partial charge in [0.1, 0.15) is 6.61 Å². The summed E-state index contributed by atoms with van der Waals surface area (Å²) in [7, 11) is 0. The second-order valence-corrected chi connectivity index (χ2v) is 4.93. The van der Waals surface area contributed by atoms with Gasteiger partial charge in [0.25, 0.3) is 0 Å². The number of aliphatic hydroxyl groups excluding tert-OH is 1. The molecule has 2 saturated carbocycles. The highest BCUT2D eigenvalue weighted by atomic mass is 16.5. The molecule has 0 unspecified atom stereocenters. The van der Waals surface area contributed by atoms with Crippen LogP contribution in [-0.4, -0.2) is 36.0 Å². The molecule has 3 rings (SSSR count). The Balaban J connectivity index is 1.85. The molecule has 1 heterocycles. The van der Waals surface area contributed by atoms with Crippen LogP contribution in [0.1, 0.15) is 25.7 Å². The highest BCUT2D eigenvalue weighted by Gasteiger charge is 2.54. The number of carbonyl (C=O) groups excluding carboxylic acids is 1. The number of nitrogens with zero attached hydrogens (tertiary/aromatic N) is 1. The van der Waals surface area contributed by atoms with Crippen LogP contribution in [0.5, 0.6) is 0 Å². The molecule has 2 fully saturated rings. The summed E-state index contributed by atoms with van der Waals surface area (Å²) in [6.45, 7) is 0.426. The monoisotopic (exact) mass is 209 g/mol. The summed E-state index contributed by atoms with van der Waals surface area (Å²) in [5, 5.41) is 9.29. The van der Waals surface area contributed by atoms with E-state index >= 15 is 0 Å². The third-order valence-corrected chi connectivity index (χ3v) is 3.72. The van der Waals surface area contributed by atoms with Gasteiger partial charge in [0.15, 0.2) is 6.04 Å². The number of rotatable bonds is 3. The summed E-state index contributed by atoms with van der Waals surface area (Å²) in [4.78, 5) is 16.1. The zero-order chi connectivity index (χ0) is 10.5. The summed E-state index contributed by atoms with van der Waals surface area (Å²) in [6.07, 6.45) is 4.14.